The van der Waals surface area contributed by atoms with Crippen molar-refractivity contribution < 1.29 is 32.9 Å². The lowest BCUT2D eigenvalue weighted by atomic mass is 9.80. The second-order valence-corrected chi connectivity index (χ2v) is 5.57. The summed E-state index contributed by atoms with van der Waals surface area (Å²) in [6.07, 6.45) is -2.00. The summed E-state index contributed by atoms with van der Waals surface area (Å²) in [5.41, 5.74) is -3.20. The predicted molar refractivity (Wildman–Crippen MR) is 76.5 cm³/mol. The van der Waals surface area contributed by atoms with Crippen LogP contribution in [-0.4, -0.2) is 53.8 Å². The van der Waals surface area contributed by atoms with E-state index in [0.29, 0.717) is 37.8 Å². The molecule has 1 unspecified atom stereocenters. The molecule has 1 rings (SSSR count). The Morgan fingerprint density at radius 2 is 2.00 bits per heavy atom. The number of aliphatic hydroxyl groups excluding tert-OH is 1. The summed E-state index contributed by atoms with van der Waals surface area (Å²) in [5.74, 6) is 0.325. The highest BCUT2D eigenvalue weighted by atomic mass is 19.4. The van der Waals surface area contributed by atoms with E-state index < -0.39 is 24.4 Å². The van der Waals surface area contributed by atoms with Gasteiger partial charge in [-0.15, -0.1) is 0 Å². The highest BCUT2D eigenvalue weighted by Gasteiger charge is 2.52. The molecule has 0 radical (unpaired) electrons. The zero-order valence-corrected chi connectivity index (χ0v) is 12.9. The average molecular weight is 340 g/mol. The van der Waals surface area contributed by atoms with Crippen LogP contribution in [0.1, 0.15) is 26.2 Å². The van der Waals surface area contributed by atoms with Crippen molar-refractivity contribution in [2.24, 2.45) is 5.92 Å². The fraction of sp³-hybridized carbons (Fsp3) is 0.786. The molecule has 1 fully saturated rings. The van der Waals surface area contributed by atoms with Crippen molar-refractivity contribution in [1.82, 2.24) is 10.6 Å². The number of hydrogen-bond donors (Lipinski definition) is 4. The molecule has 0 spiro atoms. The van der Waals surface area contributed by atoms with E-state index >= 15 is 0 Å². The standard InChI is InChI=1S/C14H23F3N2O4/c1-2-23-6-4-13(22,14(15,16)17)9-19-12(21)18-5-3-10-7-11(20)8-10/h4,6,10-11,20,22H,2-3,5,7-9H2,1H3,(H2,18,19,21)/b6-4+. The second kappa shape index (κ2) is 8.39. The smallest absolute Gasteiger partial charge is 0.422 e. The van der Waals surface area contributed by atoms with E-state index in [4.69, 9.17) is 5.11 Å². The lowest BCUT2D eigenvalue weighted by Crippen LogP contribution is -2.53. The van der Waals surface area contributed by atoms with Gasteiger partial charge in [0.1, 0.15) is 0 Å². The molecule has 0 heterocycles. The van der Waals surface area contributed by atoms with Crippen molar-refractivity contribution >= 4 is 6.03 Å². The van der Waals surface area contributed by atoms with E-state index in [2.05, 4.69) is 10.1 Å². The van der Waals surface area contributed by atoms with Gasteiger partial charge in [0.05, 0.1) is 25.5 Å². The molecule has 0 aromatic rings. The van der Waals surface area contributed by atoms with Crippen LogP contribution in [0.5, 0.6) is 0 Å². The fourth-order valence-electron chi connectivity index (χ4n) is 2.11. The van der Waals surface area contributed by atoms with Crippen LogP contribution in [0.2, 0.25) is 0 Å². The third-order valence-electron chi connectivity index (χ3n) is 3.66. The van der Waals surface area contributed by atoms with Gasteiger partial charge in [-0.3, -0.25) is 0 Å². The zero-order chi connectivity index (χ0) is 17.5. The maximum absolute atomic E-state index is 12.9. The van der Waals surface area contributed by atoms with E-state index in [0.717, 1.165) is 6.26 Å². The summed E-state index contributed by atoms with van der Waals surface area (Å²) >= 11 is 0. The Kier molecular flexibility index (Phi) is 7.14. The van der Waals surface area contributed by atoms with Gasteiger partial charge < -0.3 is 25.6 Å². The minimum absolute atomic E-state index is 0.161. The molecular weight excluding hydrogens is 317 g/mol. The molecular formula is C14H23F3N2O4. The zero-order valence-electron chi connectivity index (χ0n) is 12.9. The number of ether oxygens (including phenoxy) is 1. The van der Waals surface area contributed by atoms with E-state index in [1.54, 1.807) is 6.92 Å². The van der Waals surface area contributed by atoms with Gasteiger partial charge in [0.15, 0.2) is 5.60 Å². The van der Waals surface area contributed by atoms with Crippen LogP contribution in [0.4, 0.5) is 18.0 Å². The maximum Gasteiger partial charge on any atom is 0.422 e. The molecule has 2 amide bonds. The van der Waals surface area contributed by atoms with Crippen molar-refractivity contribution in [3.05, 3.63) is 12.3 Å². The number of carbonyl (C=O) groups excluding carboxylic acids is 1. The highest BCUT2D eigenvalue weighted by Crippen LogP contribution is 2.31. The molecule has 1 saturated carbocycles. The number of rotatable bonds is 8. The number of nitrogens with one attached hydrogen (secondary N) is 2. The number of hydrogen-bond acceptors (Lipinski definition) is 4. The number of amides is 2. The average Bonchev–Trinajstić information content (AvgIpc) is 2.42. The van der Waals surface area contributed by atoms with Crippen LogP contribution in [0, 0.1) is 5.92 Å². The first kappa shape index (κ1) is 19.6. The normalized spacial score (nSPS) is 23.9. The Labute approximate surface area is 132 Å². The van der Waals surface area contributed by atoms with Crippen molar-refractivity contribution in [1.29, 1.82) is 0 Å². The van der Waals surface area contributed by atoms with E-state index in [1.165, 1.54) is 0 Å². The number of carbonyl (C=O) groups is 1. The predicted octanol–water partition coefficient (Wildman–Crippen LogP) is 1.29. The van der Waals surface area contributed by atoms with Crippen LogP contribution >= 0.6 is 0 Å². The molecule has 0 aromatic carbocycles. The van der Waals surface area contributed by atoms with Gasteiger partial charge in [-0.05, 0) is 38.2 Å². The largest absolute Gasteiger partial charge is 0.502 e. The molecule has 9 heteroatoms. The van der Waals surface area contributed by atoms with Crippen LogP contribution < -0.4 is 10.6 Å². The van der Waals surface area contributed by atoms with Crippen molar-refractivity contribution in [3.8, 4) is 0 Å². The number of alkyl halides is 3. The quantitative estimate of drug-likeness (QED) is 0.501. The molecule has 1 aliphatic rings. The first-order valence-electron chi connectivity index (χ1n) is 7.46. The van der Waals surface area contributed by atoms with Crippen LogP contribution in [0.25, 0.3) is 0 Å². The lowest BCUT2D eigenvalue weighted by molar-refractivity contribution is -0.237. The van der Waals surface area contributed by atoms with Crippen molar-refractivity contribution in [3.63, 3.8) is 0 Å². The lowest BCUT2D eigenvalue weighted by Gasteiger charge is -2.31. The molecule has 0 bridgehead atoms. The SMILES string of the molecule is CCO/C=C/C(O)(CNC(=O)NCCC1CC(O)C1)C(F)(F)F. The summed E-state index contributed by atoms with van der Waals surface area (Å²) in [5, 5.41) is 23.2. The van der Waals surface area contributed by atoms with Crippen LogP contribution in [-0.2, 0) is 4.74 Å². The van der Waals surface area contributed by atoms with Gasteiger partial charge in [-0.2, -0.15) is 13.2 Å². The molecule has 4 N–H and O–H groups in total. The molecule has 0 aromatic heterocycles. The summed E-state index contributed by atoms with van der Waals surface area (Å²) in [6, 6.07) is -0.794. The third kappa shape index (κ3) is 6.26. The van der Waals surface area contributed by atoms with Crippen LogP contribution in [0.15, 0.2) is 12.3 Å². The Hall–Kier alpha value is -1.48. The van der Waals surface area contributed by atoms with E-state index in [9.17, 15) is 23.1 Å². The fourth-order valence-corrected chi connectivity index (χ4v) is 2.11. The van der Waals surface area contributed by atoms with Gasteiger partial charge in [0, 0.05) is 6.54 Å². The number of urea groups is 1. The Morgan fingerprint density at radius 1 is 1.35 bits per heavy atom. The first-order valence-corrected chi connectivity index (χ1v) is 7.46. The molecule has 6 nitrogen and oxygen atoms in total. The van der Waals surface area contributed by atoms with E-state index in [1.807, 2.05) is 5.32 Å². The molecule has 134 valence electrons. The van der Waals surface area contributed by atoms with Gasteiger partial charge in [0.2, 0.25) is 0 Å². The summed E-state index contributed by atoms with van der Waals surface area (Å²) in [4.78, 5) is 11.5. The van der Waals surface area contributed by atoms with Gasteiger partial charge in [-0.25, -0.2) is 4.79 Å². The Morgan fingerprint density at radius 3 is 2.52 bits per heavy atom. The van der Waals surface area contributed by atoms with Crippen molar-refractivity contribution in [2.45, 2.75) is 44.1 Å². The number of halogens is 3. The Balaban J connectivity index is 2.36. The molecule has 1 atom stereocenters. The maximum atomic E-state index is 12.9. The van der Waals surface area contributed by atoms with Crippen molar-refractivity contribution in [2.75, 3.05) is 19.7 Å². The summed E-state index contributed by atoms with van der Waals surface area (Å²) in [7, 11) is 0. The third-order valence-corrected chi connectivity index (χ3v) is 3.66. The molecule has 1 aliphatic carbocycles. The van der Waals surface area contributed by atoms with Gasteiger partial charge >= 0.3 is 12.2 Å². The monoisotopic (exact) mass is 340 g/mol. The van der Waals surface area contributed by atoms with Crippen LogP contribution in [0.3, 0.4) is 0 Å². The molecule has 0 saturated heterocycles. The van der Waals surface area contributed by atoms with Gasteiger partial charge in [0.25, 0.3) is 0 Å². The summed E-state index contributed by atoms with van der Waals surface area (Å²) in [6.45, 7) is 1.02. The first-order chi connectivity index (χ1) is 10.7. The minimum atomic E-state index is -4.95. The van der Waals surface area contributed by atoms with Gasteiger partial charge in [-0.1, -0.05) is 0 Å². The topological polar surface area (TPSA) is 90.8 Å². The number of aliphatic hydroxyl groups is 2. The van der Waals surface area contributed by atoms with E-state index in [-0.39, 0.29) is 12.7 Å². The summed E-state index contributed by atoms with van der Waals surface area (Å²) < 4.78 is 43.3. The Bertz CT molecular complexity index is 411. The molecule has 23 heavy (non-hydrogen) atoms. The second-order valence-electron chi connectivity index (χ2n) is 5.57. The minimum Gasteiger partial charge on any atom is -0.502 e. The highest BCUT2D eigenvalue weighted by molar-refractivity contribution is 5.73. The molecule has 0 aliphatic heterocycles.